The van der Waals surface area contributed by atoms with E-state index in [1.807, 2.05) is 50.9 Å². The average Bonchev–Trinajstić information content (AvgIpc) is 2.64. The third-order valence-electron chi connectivity index (χ3n) is 5.23. The number of carbonyl (C=O) groups excluding carboxylic acids is 2. The maximum Gasteiger partial charge on any atom is 0.251 e. The van der Waals surface area contributed by atoms with Crippen LogP contribution in [0, 0.1) is 18.8 Å². The van der Waals surface area contributed by atoms with Gasteiger partial charge in [0.15, 0.2) is 0 Å². The third-order valence-corrected chi connectivity index (χ3v) is 5.23. The lowest BCUT2D eigenvalue weighted by atomic mass is 9.92. The smallest absolute Gasteiger partial charge is 0.251 e. The van der Waals surface area contributed by atoms with Crippen LogP contribution < -0.4 is 10.6 Å². The summed E-state index contributed by atoms with van der Waals surface area (Å²) in [6.45, 7) is 8.53. The van der Waals surface area contributed by atoms with Crippen LogP contribution >= 0.6 is 0 Å². The van der Waals surface area contributed by atoms with Crippen molar-refractivity contribution in [2.75, 3.05) is 26.7 Å². The number of nitrogens with one attached hydrogen (secondary N) is 2. The first-order valence-electron chi connectivity index (χ1n) is 9.73. The number of nitrogens with zero attached hydrogens (tertiary/aromatic N) is 1. The molecular weight excluding hydrogens is 326 g/mol. The van der Waals surface area contributed by atoms with E-state index in [4.69, 9.17) is 0 Å². The van der Waals surface area contributed by atoms with E-state index in [0.29, 0.717) is 11.5 Å². The zero-order chi connectivity index (χ0) is 19.1. The Morgan fingerprint density at radius 1 is 1.23 bits per heavy atom. The highest BCUT2D eigenvalue weighted by atomic mass is 16.2. The Morgan fingerprint density at radius 3 is 2.50 bits per heavy atom. The normalized spacial score (nSPS) is 16.6. The summed E-state index contributed by atoms with van der Waals surface area (Å²) in [5.41, 5.74) is 1.64. The lowest BCUT2D eigenvalue weighted by molar-refractivity contribution is -0.135. The van der Waals surface area contributed by atoms with Gasteiger partial charge in [-0.3, -0.25) is 9.59 Å². The Morgan fingerprint density at radius 2 is 1.92 bits per heavy atom. The van der Waals surface area contributed by atoms with Crippen LogP contribution in [0.4, 0.5) is 0 Å². The highest BCUT2D eigenvalue weighted by Crippen LogP contribution is 2.21. The molecule has 1 heterocycles. The van der Waals surface area contributed by atoms with Crippen LogP contribution in [-0.2, 0) is 4.79 Å². The minimum absolute atomic E-state index is 0.0491. The fourth-order valence-electron chi connectivity index (χ4n) is 3.51. The highest BCUT2D eigenvalue weighted by Gasteiger charge is 2.31. The van der Waals surface area contributed by atoms with E-state index in [0.717, 1.165) is 44.5 Å². The summed E-state index contributed by atoms with van der Waals surface area (Å²) in [6, 6.07) is 6.99. The molecule has 0 radical (unpaired) electrons. The van der Waals surface area contributed by atoms with E-state index in [9.17, 15) is 9.59 Å². The second-order valence-corrected chi connectivity index (χ2v) is 7.73. The van der Waals surface area contributed by atoms with Crippen molar-refractivity contribution in [2.45, 2.75) is 46.1 Å². The predicted octanol–water partition coefficient (Wildman–Crippen LogP) is 2.60. The first-order chi connectivity index (χ1) is 12.4. The number of carbonyl (C=O) groups is 2. The number of aryl methyl sites for hydroxylation is 1. The fourth-order valence-corrected chi connectivity index (χ4v) is 3.51. The molecule has 1 atom stereocenters. The minimum atomic E-state index is -0.475. The SMILES string of the molecule is CNCCC1CCN(C(=O)C(NC(=O)c2cccc(C)c2)C(C)C)CC1. The Labute approximate surface area is 157 Å². The second-order valence-electron chi connectivity index (χ2n) is 7.73. The molecule has 1 aromatic rings. The van der Waals surface area contributed by atoms with E-state index in [2.05, 4.69) is 10.6 Å². The molecule has 26 heavy (non-hydrogen) atoms. The number of hydrogen-bond donors (Lipinski definition) is 2. The molecule has 1 fully saturated rings. The van der Waals surface area contributed by atoms with Crippen LogP contribution in [0.1, 0.15) is 49.0 Å². The number of hydrogen-bond acceptors (Lipinski definition) is 3. The number of rotatable bonds is 7. The van der Waals surface area contributed by atoms with Crippen molar-refractivity contribution in [3.8, 4) is 0 Å². The molecule has 2 N–H and O–H groups in total. The molecule has 2 amide bonds. The molecule has 5 heteroatoms. The Balaban J connectivity index is 1.96. The van der Waals surface area contributed by atoms with E-state index < -0.39 is 6.04 Å². The Kier molecular flexibility index (Phi) is 7.64. The molecule has 0 aromatic heterocycles. The van der Waals surface area contributed by atoms with Gasteiger partial charge in [-0.05, 0) is 63.7 Å². The molecule has 0 spiro atoms. The van der Waals surface area contributed by atoms with Crippen LogP contribution in [0.2, 0.25) is 0 Å². The molecule has 0 saturated carbocycles. The van der Waals surface area contributed by atoms with Crippen molar-refractivity contribution in [3.05, 3.63) is 35.4 Å². The van der Waals surface area contributed by atoms with E-state index >= 15 is 0 Å². The number of benzene rings is 1. The van der Waals surface area contributed by atoms with Gasteiger partial charge in [0.05, 0.1) is 0 Å². The number of piperidine rings is 1. The van der Waals surface area contributed by atoms with Gasteiger partial charge in [-0.1, -0.05) is 31.5 Å². The quantitative estimate of drug-likeness (QED) is 0.787. The monoisotopic (exact) mass is 359 g/mol. The third kappa shape index (κ3) is 5.56. The first kappa shape index (κ1) is 20.4. The Bertz CT molecular complexity index is 607. The molecular formula is C21H33N3O2. The topological polar surface area (TPSA) is 61.4 Å². The number of likely N-dealkylation sites (tertiary alicyclic amines) is 1. The van der Waals surface area contributed by atoms with Crippen molar-refractivity contribution >= 4 is 11.8 Å². The van der Waals surface area contributed by atoms with E-state index in [1.54, 1.807) is 6.07 Å². The van der Waals surface area contributed by atoms with Crippen LogP contribution in [-0.4, -0.2) is 49.4 Å². The average molecular weight is 360 g/mol. The van der Waals surface area contributed by atoms with Crippen LogP contribution in [0.15, 0.2) is 24.3 Å². The summed E-state index contributed by atoms with van der Waals surface area (Å²) in [4.78, 5) is 27.5. The Hall–Kier alpha value is -1.88. The van der Waals surface area contributed by atoms with Gasteiger partial charge < -0.3 is 15.5 Å². The summed E-state index contributed by atoms with van der Waals surface area (Å²) in [5, 5.41) is 6.16. The van der Waals surface area contributed by atoms with Crippen molar-refractivity contribution in [2.24, 2.45) is 11.8 Å². The van der Waals surface area contributed by atoms with Gasteiger partial charge in [0, 0.05) is 18.7 Å². The van der Waals surface area contributed by atoms with Crippen LogP contribution in [0.5, 0.6) is 0 Å². The van der Waals surface area contributed by atoms with Gasteiger partial charge in [-0.2, -0.15) is 0 Å². The van der Waals surface area contributed by atoms with Crippen LogP contribution in [0.25, 0.3) is 0 Å². The van der Waals surface area contributed by atoms with Crippen LogP contribution in [0.3, 0.4) is 0 Å². The maximum atomic E-state index is 13.0. The zero-order valence-electron chi connectivity index (χ0n) is 16.5. The fraction of sp³-hybridized carbons (Fsp3) is 0.619. The molecule has 1 aliphatic rings. The largest absolute Gasteiger partial charge is 0.341 e. The van der Waals surface area contributed by atoms with Crippen molar-refractivity contribution in [1.29, 1.82) is 0 Å². The zero-order valence-corrected chi connectivity index (χ0v) is 16.5. The molecule has 0 bridgehead atoms. The van der Waals surface area contributed by atoms with Crippen molar-refractivity contribution in [3.63, 3.8) is 0 Å². The van der Waals surface area contributed by atoms with E-state index in [-0.39, 0.29) is 17.7 Å². The van der Waals surface area contributed by atoms with Gasteiger partial charge >= 0.3 is 0 Å². The maximum absolute atomic E-state index is 13.0. The molecule has 1 unspecified atom stereocenters. The second kappa shape index (κ2) is 9.72. The van der Waals surface area contributed by atoms with Gasteiger partial charge in [-0.15, -0.1) is 0 Å². The minimum Gasteiger partial charge on any atom is -0.341 e. The lowest BCUT2D eigenvalue weighted by Gasteiger charge is -2.35. The molecule has 1 aromatic carbocycles. The summed E-state index contributed by atoms with van der Waals surface area (Å²) < 4.78 is 0. The molecule has 1 saturated heterocycles. The standard InChI is InChI=1S/C21H33N3O2/c1-15(2)19(23-20(25)18-7-5-6-16(3)14-18)21(26)24-12-9-17(10-13-24)8-11-22-4/h5-7,14-15,17,19,22H,8-13H2,1-4H3,(H,23,25). The molecule has 144 valence electrons. The molecule has 0 aliphatic carbocycles. The lowest BCUT2D eigenvalue weighted by Crippen LogP contribution is -2.53. The van der Waals surface area contributed by atoms with E-state index in [1.165, 1.54) is 0 Å². The van der Waals surface area contributed by atoms with Gasteiger partial charge in [0.25, 0.3) is 5.91 Å². The first-order valence-corrected chi connectivity index (χ1v) is 9.73. The summed E-state index contributed by atoms with van der Waals surface area (Å²) in [7, 11) is 1.98. The summed E-state index contributed by atoms with van der Waals surface area (Å²) >= 11 is 0. The molecule has 2 rings (SSSR count). The summed E-state index contributed by atoms with van der Waals surface area (Å²) in [5.74, 6) is 0.613. The molecule has 1 aliphatic heterocycles. The molecule has 5 nitrogen and oxygen atoms in total. The highest BCUT2D eigenvalue weighted by molar-refractivity contribution is 5.97. The predicted molar refractivity (Wildman–Crippen MR) is 105 cm³/mol. The van der Waals surface area contributed by atoms with Crippen molar-refractivity contribution < 1.29 is 9.59 Å². The van der Waals surface area contributed by atoms with Gasteiger partial charge in [-0.25, -0.2) is 0 Å². The summed E-state index contributed by atoms with van der Waals surface area (Å²) in [6.07, 6.45) is 3.25. The van der Waals surface area contributed by atoms with Gasteiger partial charge in [0.2, 0.25) is 5.91 Å². The van der Waals surface area contributed by atoms with Gasteiger partial charge in [0.1, 0.15) is 6.04 Å². The number of amides is 2. The van der Waals surface area contributed by atoms with Crippen molar-refractivity contribution in [1.82, 2.24) is 15.5 Å².